The standard InChI is InChI=1S/C22H31F2N3O5S/c1-22(2,24)20(16-8-9-17(23)18(12-16)32-14-15-6-7-15)26-33(30,31)11-5-3-4-10-27-13-19(28)25-21(27)29/h8-9,12,15,20,26H,3-7,10-11,13-14H2,1-2H3,(H,25,28,29). The lowest BCUT2D eigenvalue weighted by molar-refractivity contribution is -0.118. The Balaban J connectivity index is 1.56. The van der Waals surface area contributed by atoms with Crippen molar-refractivity contribution in [1.29, 1.82) is 0 Å². The Bertz CT molecular complexity index is 977. The molecule has 33 heavy (non-hydrogen) atoms. The van der Waals surface area contributed by atoms with Gasteiger partial charge in [-0.3, -0.25) is 10.1 Å². The summed E-state index contributed by atoms with van der Waals surface area (Å²) in [7, 11) is -3.84. The molecule has 11 heteroatoms. The van der Waals surface area contributed by atoms with Crippen molar-refractivity contribution >= 4 is 22.0 Å². The fraction of sp³-hybridized carbons (Fsp3) is 0.636. The smallest absolute Gasteiger partial charge is 0.324 e. The average molecular weight is 488 g/mol. The lowest BCUT2D eigenvalue weighted by Gasteiger charge is -2.28. The van der Waals surface area contributed by atoms with E-state index in [1.165, 1.54) is 30.9 Å². The van der Waals surface area contributed by atoms with Crippen LogP contribution < -0.4 is 14.8 Å². The van der Waals surface area contributed by atoms with Gasteiger partial charge < -0.3 is 9.64 Å². The summed E-state index contributed by atoms with van der Waals surface area (Å²) in [6, 6.07) is 2.21. The van der Waals surface area contributed by atoms with Crippen LogP contribution in [0, 0.1) is 11.7 Å². The van der Waals surface area contributed by atoms with Gasteiger partial charge in [-0.25, -0.2) is 26.7 Å². The molecule has 1 atom stereocenters. The van der Waals surface area contributed by atoms with Crippen molar-refractivity contribution in [3.8, 4) is 5.75 Å². The van der Waals surface area contributed by atoms with Gasteiger partial charge in [0.15, 0.2) is 11.6 Å². The number of urea groups is 1. The van der Waals surface area contributed by atoms with Crippen molar-refractivity contribution in [3.05, 3.63) is 29.6 Å². The van der Waals surface area contributed by atoms with Crippen molar-refractivity contribution in [2.45, 2.75) is 57.7 Å². The number of carbonyl (C=O) groups excluding carboxylic acids is 2. The van der Waals surface area contributed by atoms with E-state index in [2.05, 4.69) is 10.0 Å². The lowest BCUT2D eigenvalue weighted by Crippen LogP contribution is -2.40. The Morgan fingerprint density at radius 3 is 2.58 bits per heavy atom. The van der Waals surface area contributed by atoms with Crippen LogP contribution in [0.15, 0.2) is 18.2 Å². The number of halogens is 2. The molecule has 3 rings (SSSR count). The van der Waals surface area contributed by atoms with Gasteiger partial charge in [0.1, 0.15) is 12.2 Å². The van der Waals surface area contributed by atoms with E-state index in [0.29, 0.717) is 38.3 Å². The molecule has 2 aliphatic rings. The maximum absolute atomic E-state index is 15.0. The molecule has 0 radical (unpaired) electrons. The predicted molar refractivity (Wildman–Crippen MR) is 118 cm³/mol. The van der Waals surface area contributed by atoms with Crippen molar-refractivity contribution in [3.63, 3.8) is 0 Å². The Morgan fingerprint density at radius 2 is 1.97 bits per heavy atom. The lowest BCUT2D eigenvalue weighted by atomic mass is 9.94. The molecule has 1 aromatic carbocycles. The van der Waals surface area contributed by atoms with Gasteiger partial charge in [0.25, 0.3) is 0 Å². The Kier molecular flexibility index (Phi) is 7.94. The molecular weight excluding hydrogens is 456 g/mol. The average Bonchev–Trinajstić information content (AvgIpc) is 3.48. The largest absolute Gasteiger partial charge is 0.490 e. The zero-order valence-electron chi connectivity index (χ0n) is 18.9. The van der Waals surface area contributed by atoms with Crippen LogP contribution in [0.4, 0.5) is 13.6 Å². The molecule has 1 saturated heterocycles. The third kappa shape index (κ3) is 7.63. The van der Waals surface area contributed by atoms with Crippen molar-refractivity contribution in [2.75, 3.05) is 25.4 Å². The van der Waals surface area contributed by atoms with E-state index in [9.17, 15) is 26.8 Å². The number of hydrogen-bond donors (Lipinski definition) is 2. The Hall–Kier alpha value is -2.27. The number of benzene rings is 1. The van der Waals surface area contributed by atoms with Crippen LogP contribution in [0.2, 0.25) is 0 Å². The highest BCUT2D eigenvalue weighted by Crippen LogP contribution is 2.34. The number of imide groups is 1. The number of nitrogens with one attached hydrogen (secondary N) is 2. The van der Waals surface area contributed by atoms with E-state index in [-0.39, 0.29) is 29.5 Å². The number of amides is 3. The van der Waals surface area contributed by atoms with Crippen LogP contribution in [0.3, 0.4) is 0 Å². The van der Waals surface area contributed by atoms with Crippen LogP contribution in [-0.2, 0) is 14.8 Å². The monoisotopic (exact) mass is 487 g/mol. The summed E-state index contributed by atoms with van der Waals surface area (Å²) in [6.07, 6.45) is 3.42. The molecular formula is C22H31F2N3O5S. The minimum atomic E-state index is -3.84. The maximum atomic E-state index is 15.0. The fourth-order valence-electron chi connectivity index (χ4n) is 3.58. The molecule has 0 spiro atoms. The normalized spacial score (nSPS) is 17.9. The quantitative estimate of drug-likeness (QED) is 0.329. The highest BCUT2D eigenvalue weighted by Gasteiger charge is 2.35. The maximum Gasteiger partial charge on any atom is 0.324 e. The topological polar surface area (TPSA) is 105 Å². The minimum absolute atomic E-state index is 0.00990. The predicted octanol–water partition coefficient (Wildman–Crippen LogP) is 3.05. The molecule has 0 aromatic heterocycles. The van der Waals surface area contributed by atoms with Gasteiger partial charge in [-0.15, -0.1) is 0 Å². The number of alkyl halides is 1. The summed E-state index contributed by atoms with van der Waals surface area (Å²) < 4.78 is 62.3. The molecule has 184 valence electrons. The molecule has 0 bridgehead atoms. The Morgan fingerprint density at radius 1 is 1.24 bits per heavy atom. The number of carbonyl (C=O) groups is 2. The molecule has 8 nitrogen and oxygen atoms in total. The van der Waals surface area contributed by atoms with E-state index < -0.39 is 33.6 Å². The van der Waals surface area contributed by atoms with Crippen LogP contribution in [-0.4, -0.2) is 56.4 Å². The molecule has 1 heterocycles. The summed E-state index contributed by atoms with van der Waals surface area (Å²) in [6.45, 7) is 3.26. The number of unbranched alkanes of at least 4 members (excludes halogenated alkanes) is 2. The molecule has 1 aromatic rings. The third-order valence-electron chi connectivity index (χ3n) is 5.65. The van der Waals surface area contributed by atoms with Crippen LogP contribution in [0.25, 0.3) is 0 Å². The van der Waals surface area contributed by atoms with E-state index in [1.807, 2.05) is 0 Å². The summed E-state index contributed by atoms with van der Waals surface area (Å²) in [4.78, 5) is 24.0. The first-order chi connectivity index (χ1) is 15.4. The summed E-state index contributed by atoms with van der Waals surface area (Å²) in [5.74, 6) is -0.770. The zero-order chi connectivity index (χ0) is 24.2. The molecule has 2 fully saturated rings. The minimum Gasteiger partial charge on any atom is -0.490 e. The highest BCUT2D eigenvalue weighted by molar-refractivity contribution is 7.89. The van der Waals surface area contributed by atoms with Crippen LogP contribution in [0.5, 0.6) is 5.75 Å². The summed E-state index contributed by atoms with van der Waals surface area (Å²) in [5.41, 5.74) is -1.67. The molecule has 3 amide bonds. The number of rotatable bonds is 13. The van der Waals surface area contributed by atoms with Gasteiger partial charge in [0.2, 0.25) is 15.9 Å². The first-order valence-corrected chi connectivity index (χ1v) is 12.8. The van der Waals surface area contributed by atoms with Gasteiger partial charge >= 0.3 is 6.03 Å². The number of hydrogen-bond acceptors (Lipinski definition) is 5. The molecule has 1 aliphatic carbocycles. The second-order valence-corrected chi connectivity index (χ2v) is 11.1. The van der Waals surface area contributed by atoms with Gasteiger partial charge in [0, 0.05) is 6.54 Å². The SMILES string of the molecule is CC(C)(F)C(NS(=O)(=O)CCCCCN1CC(=O)NC1=O)c1ccc(F)c(OCC2CC2)c1. The van der Waals surface area contributed by atoms with E-state index in [0.717, 1.165) is 18.9 Å². The van der Waals surface area contributed by atoms with Crippen molar-refractivity contribution in [1.82, 2.24) is 14.9 Å². The molecule has 2 N–H and O–H groups in total. The molecule has 1 saturated carbocycles. The fourth-order valence-corrected chi connectivity index (χ4v) is 5.06. The Labute approximate surface area is 193 Å². The number of ether oxygens (including phenoxy) is 1. The van der Waals surface area contributed by atoms with Gasteiger partial charge in [-0.05, 0) is 63.1 Å². The molecule has 1 unspecified atom stereocenters. The van der Waals surface area contributed by atoms with E-state index in [4.69, 9.17) is 4.74 Å². The first kappa shape index (κ1) is 25.4. The van der Waals surface area contributed by atoms with E-state index >= 15 is 0 Å². The second kappa shape index (κ2) is 10.3. The number of sulfonamides is 1. The zero-order valence-corrected chi connectivity index (χ0v) is 19.7. The second-order valence-electron chi connectivity index (χ2n) is 9.21. The van der Waals surface area contributed by atoms with Gasteiger partial charge in [-0.1, -0.05) is 12.5 Å². The van der Waals surface area contributed by atoms with Gasteiger partial charge in [0.05, 0.1) is 18.4 Å². The van der Waals surface area contributed by atoms with Gasteiger partial charge in [-0.2, -0.15) is 0 Å². The van der Waals surface area contributed by atoms with Crippen LogP contribution >= 0.6 is 0 Å². The first-order valence-electron chi connectivity index (χ1n) is 11.1. The summed E-state index contributed by atoms with van der Waals surface area (Å²) in [5, 5.41) is 2.18. The third-order valence-corrected chi connectivity index (χ3v) is 7.07. The van der Waals surface area contributed by atoms with Crippen molar-refractivity contribution < 1.29 is 31.5 Å². The van der Waals surface area contributed by atoms with Crippen molar-refractivity contribution in [2.24, 2.45) is 5.92 Å². The number of nitrogens with zero attached hydrogens (tertiary/aromatic N) is 1. The highest BCUT2D eigenvalue weighted by atomic mass is 32.2. The summed E-state index contributed by atoms with van der Waals surface area (Å²) >= 11 is 0. The molecule has 1 aliphatic heterocycles. The van der Waals surface area contributed by atoms with E-state index in [1.54, 1.807) is 0 Å². The van der Waals surface area contributed by atoms with Crippen LogP contribution in [0.1, 0.15) is 57.6 Å².